The largest absolute Gasteiger partial charge is 0.419 e. The lowest BCUT2D eigenvalue weighted by molar-refractivity contribution is 0.528. The van der Waals surface area contributed by atoms with Gasteiger partial charge >= 0.3 is 5.76 Å². The number of hydrogen-bond donors (Lipinski definition) is 1. The van der Waals surface area contributed by atoms with Crippen molar-refractivity contribution in [2.75, 3.05) is 12.3 Å². The maximum Gasteiger partial charge on any atom is 0.419 e. The van der Waals surface area contributed by atoms with Gasteiger partial charge in [-0.1, -0.05) is 19.4 Å². The van der Waals surface area contributed by atoms with Crippen LogP contribution in [0.4, 0.5) is 0 Å². The molecule has 0 atom stereocenters. The van der Waals surface area contributed by atoms with Crippen molar-refractivity contribution >= 4 is 21.1 Å². The summed E-state index contributed by atoms with van der Waals surface area (Å²) in [5.41, 5.74) is 2.18. The maximum atomic E-state index is 11.7. The molecule has 0 saturated heterocycles. The minimum atomic E-state index is -3.19. The molecular weight excluding hydrogens is 292 g/mol. The third kappa shape index (κ3) is 3.95. The van der Waals surface area contributed by atoms with Crippen molar-refractivity contribution in [3.63, 3.8) is 0 Å². The van der Waals surface area contributed by atoms with E-state index in [0.29, 0.717) is 25.0 Å². The molecule has 2 aromatic rings. The molecule has 0 aliphatic carbocycles. The second-order valence-electron chi connectivity index (χ2n) is 5.05. The van der Waals surface area contributed by atoms with Gasteiger partial charge < -0.3 is 4.42 Å². The molecule has 0 radical (unpaired) electrons. The quantitative estimate of drug-likeness (QED) is 0.838. The number of fused-ring (bicyclic) bond motifs is 1. The summed E-state index contributed by atoms with van der Waals surface area (Å²) < 4.78 is 32.5. The van der Waals surface area contributed by atoms with Gasteiger partial charge in [-0.25, -0.2) is 17.9 Å². The number of rotatable bonds is 7. The van der Waals surface area contributed by atoms with Crippen LogP contribution in [0.15, 0.2) is 27.4 Å². The average molecular weight is 312 g/mol. The summed E-state index contributed by atoms with van der Waals surface area (Å²) in [5.74, 6) is -0.238. The van der Waals surface area contributed by atoms with E-state index < -0.39 is 15.8 Å². The Labute approximate surface area is 123 Å². The zero-order chi connectivity index (χ0) is 15.5. The van der Waals surface area contributed by atoms with Crippen molar-refractivity contribution in [2.45, 2.75) is 26.2 Å². The summed E-state index contributed by atoms with van der Waals surface area (Å²) in [6, 6.07) is 5.45. The fourth-order valence-electron chi connectivity index (χ4n) is 2.09. The predicted molar refractivity (Wildman–Crippen MR) is 81.9 cm³/mol. The van der Waals surface area contributed by atoms with Crippen molar-refractivity contribution in [3.05, 3.63) is 34.3 Å². The Balaban J connectivity index is 1.99. The van der Waals surface area contributed by atoms with Gasteiger partial charge in [0, 0.05) is 13.6 Å². The molecule has 2 rings (SSSR count). The van der Waals surface area contributed by atoms with Crippen molar-refractivity contribution in [1.82, 2.24) is 9.29 Å². The number of oxazole rings is 1. The monoisotopic (exact) mass is 312 g/mol. The zero-order valence-electron chi connectivity index (χ0n) is 12.3. The van der Waals surface area contributed by atoms with Crippen LogP contribution < -0.4 is 10.5 Å². The maximum absolute atomic E-state index is 11.7. The van der Waals surface area contributed by atoms with Crippen molar-refractivity contribution in [2.24, 2.45) is 7.05 Å². The molecule has 0 bridgehead atoms. The molecule has 7 heteroatoms. The van der Waals surface area contributed by atoms with Gasteiger partial charge in [0.15, 0.2) is 5.58 Å². The first kappa shape index (κ1) is 15.8. The van der Waals surface area contributed by atoms with Crippen LogP contribution in [0.1, 0.15) is 25.3 Å². The SMILES string of the molecule is CCCCS(=O)(=O)NCCc1ccc2c(c1)oc(=O)n2C. The van der Waals surface area contributed by atoms with E-state index in [-0.39, 0.29) is 5.75 Å². The van der Waals surface area contributed by atoms with Crippen molar-refractivity contribution in [1.29, 1.82) is 0 Å². The molecule has 0 aliphatic heterocycles. The van der Waals surface area contributed by atoms with Crippen LogP contribution in [0.25, 0.3) is 11.1 Å². The van der Waals surface area contributed by atoms with Crippen LogP contribution in [0.3, 0.4) is 0 Å². The highest BCUT2D eigenvalue weighted by atomic mass is 32.2. The summed E-state index contributed by atoms with van der Waals surface area (Å²) in [4.78, 5) is 11.4. The van der Waals surface area contributed by atoms with E-state index in [0.717, 1.165) is 17.5 Å². The van der Waals surface area contributed by atoms with E-state index in [1.165, 1.54) is 4.57 Å². The lowest BCUT2D eigenvalue weighted by atomic mass is 10.1. The number of nitrogens with one attached hydrogen (secondary N) is 1. The minimum absolute atomic E-state index is 0.163. The highest BCUT2D eigenvalue weighted by molar-refractivity contribution is 7.89. The van der Waals surface area contributed by atoms with E-state index in [9.17, 15) is 13.2 Å². The van der Waals surface area contributed by atoms with Crippen LogP contribution in [0.5, 0.6) is 0 Å². The molecule has 1 aromatic heterocycles. The summed E-state index contributed by atoms with van der Waals surface area (Å²) in [7, 11) is -1.54. The molecule has 0 unspecified atom stereocenters. The standard InChI is InChI=1S/C14H20N2O4S/c1-3-4-9-21(18,19)15-8-7-11-5-6-12-13(10-11)20-14(17)16(12)2/h5-6,10,15H,3-4,7-9H2,1-2H3. The molecule has 0 fully saturated rings. The lowest BCUT2D eigenvalue weighted by Crippen LogP contribution is -2.28. The Morgan fingerprint density at radius 1 is 1.33 bits per heavy atom. The topological polar surface area (TPSA) is 81.3 Å². The Kier molecular flexibility index (Phi) is 4.84. The fourth-order valence-corrected chi connectivity index (χ4v) is 3.32. The summed E-state index contributed by atoms with van der Waals surface area (Å²) in [6.45, 7) is 2.30. The molecule has 116 valence electrons. The van der Waals surface area contributed by atoms with E-state index in [2.05, 4.69) is 4.72 Å². The first-order chi connectivity index (χ1) is 9.93. The normalized spacial score (nSPS) is 12.1. The van der Waals surface area contributed by atoms with Crippen LogP contribution in [0.2, 0.25) is 0 Å². The molecular formula is C14H20N2O4S. The van der Waals surface area contributed by atoms with Gasteiger partial charge in [0.25, 0.3) is 0 Å². The minimum Gasteiger partial charge on any atom is -0.408 e. The Hall–Kier alpha value is -1.60. The number of nitrogens with zero attached hydrogens (tertiary/aromatic N) is 1. The smallest absolute Gasteiger partial charge is 0.408 e. The van der Waals surface area contributed by atoms with Crippen LogP contribution in [-0.4, -0.2) is 25.3 Å². The first-order valence-corrected chi connectivity index (χ1v) is 8.64. The highest BCUT2D eigenvalue weighted by Crippen LogP contribution is 2.14. The van der Waals surface area contributed by atoms with E-state index in [1.54, 1.807) is 19.2 Å². The Morgan fingerprint density at radius 2 is 2.10 bits per heavy atom. The molecule has 0 amide bonds. The summed E-state index contributed by atoms with van der Waals surface area (Å²) in [5, 5.41) is 0. The molecule has 6 nitrogen and oxygen atoms in total. The lowest BCUT2D eigenvalue weighted by Gasteiger charge is -2.06. The molecule has 1 aromatic carbocycles. The molecule has 1 N–H and O–H groups in total. The second-order valence-corrected chi connectivity index (χ2v) is 6.97. The average Bonchev–Trinajstić information content (AvgIpc) is 2.71. The Bertz CT molecular complexity index is 774. The number of hydrogen-bond acceptors (Lipinski definition) is 4. The van der Waals surface area contributed by atoms with Crippen molar-refractivity contribution in [3.8, 4) is 0 Å². The number of sulfonamides is 1. The van der Waals surface area contributed by atoms with Crippen LogP contribution in [0, 0.1) is 0 Å². The predicted octanol–water partition coefficient (Wildman–Crippen LogP) is 1.39. The van der Waals surface area contributed by atoms with Crippen LogP contribution >= 0.6 is 0 Å². The number of benzene rings is 1. The number of aryl methyl sites for hydroxylation is 1. The van der Waals surface area contributed by atoms with Gasteiger partial charge in [-0.2, -0.15) is 0 Å². The number of aromatic nitrogens is 1. The van der Waals surface area contributed by atoms with Gasteiger partial charge in [0.2, 0.25) is 10.0 Å². The van der Waals surface area contributed by atoms with E-state index in [1.807, 2.05) is 13.0 Å². The number of unbranched alkanes of at least 4 members (excludes halogenated alkanes) is 1. The third-order valence-corrected chi connectivity index (χ3v) is 4.83. The van der Waals surface area contributed by atoms with Gasteiger partial charge in [0.05, 0.1) is 11.3 Å². The van der Waals surface area contributed by atoms with E-state index in [4.69, 9.17) is 4.42 Å². The molecule has 1 heterocycles. The third-order valence-electron chi connectivity index (χ3n) is 3.36. The van der Waals surface area contributed by atoms with E-state index >= 15 is 0 Å². The van der Waals surface area contributed by atoms with Gasteiger partial charge in [0.1, 0.15) is 0 Å². The fraction of sp³-hybridized carbons (Fsp3) is 0.500. The molecule has 0 spiro atoms. The molecule has 21 heavy (non-hydrogen) atoms. The highest BCUT2D eigenvalue weighted by Gasteiger charge is 2.09. The van der Waals surface area contributed by atoms with Gasteiger partial charge in [-0.3, -0.25) is 4.57 Å². The second kappa shape index (κ2) is 6.44. The van der Waals surface area contributed by atoms with Gasteiger partial charge in [-0.05, 0) is 30.5 Å². The summed E-state index contributed by atoms with van der Waals surface area (Å²) in [6.07, 6.45) is 2.07. The van der Waals surface area contributed by atoms with Crippen LogP contribution in [-0.2, 0) is 23.5 Å². The molecule has 0 saturated carbocycles. The van der Waals surface area contributed by atoms with Crippen molar-refractivity contribution < 1.29 is 12.8 Å². The van der Waals surface area contributed by atoms with Gasteiger partial charge in [-0.15, -0.1) is 0 Å². The first-order valence-electron chi connectivity index (χ1n) is 6.99. The molecule has 0 aliphatic rings. The summed E-state index contributed by atoms with van der Waals surface area (Å²) >= 11 is 0. The zero-order valence-corrected chi connectivity index (χ0v) is 13.1. The Morgan fingerprint density at radius 3 is 2.81 bits per heavy atom.